The van der Waals surface area contributed by atoms with Gasteiger partial charge in [0.05, 0.1) is 39.6 Å². The molecule has 0 radical (unpaired) electrons. The largest absolute Gasteiger partial charge is 2.00 e. The molecule has 39 heavy (non-hydrogen) atoms. The summed E-state index contributed by atoms with van der Waals surface area (Å²) in [5.74, 6) is 2.11. The van der Waals surface area contributed by atoms with Gasteiger partial charge in [-0.3, -0.25) is 0 Å². The van der Waals surface area contributed by atoms with Gasteiger partial charge in [-0.25, -0.2) is 0 Å². The zero-order chi connectivity index (χ0) is 27.3. The van der Waals surface area contributed by atoms with Gasteiger partial charge in [-0.2, -0.15) is 24.3 Å². The molecule has 0 saturated carbocycles. The van der Waals surface area contributed by atoms with Crippen LogP contribution in [-0.4, -0.2) is 40.0 Å². The first kappa shape index (κ1) is 30.9. The van der Waals surface area contributed by atoms with E-state index in [0.29, 0.717) is 34.1 Å². The van der Waals surface area contributed by atoms with Crippen molar-refractivity contribution in [1.29, 1.82) is 0 Å². The van der Waals surface area contributed by atoms with E-state index in [1.54, 1.807) is 77.0 Å². The summed E-state index contributed by atoms with van der Waals surface area (Å²) >= 11 is 0. The fourth-order valence-electron chi connectivity index (χ4n) is 3.54. The summed E-state index contributed by atoms with van der Waals surface area (Å²) in [5.41, 5.74) is 2.97. The molecular weight excluding hydrogens is 536 g/mol. The molecule has 4 rings (SSSR count). The maximum Gasteiger partial charge on any atom is 2.00 e. The summed E-state index contributed by atoms with van der Waals surface area (Å²) in [6.07, 6.45) is 6.63. The summed E-state index contributed by atoms with van der Waals surface area (Å²) in [6.45, 7) is 0. The number of ketones is 2. The Bertz CT molecular complexity index is 1270. The smallest absolute Gasteiger partial charge is 0.497 e. The molecule has 4 aromatic rings. The molecule has 6 nitrogen and oxygen atoms in total. The van der Waals surface area contributed by atoms with E-state index >= 15 is 0 Å². The molecule has 0 saturated heterocycles. The van der Waals surface area contributed by atoms with Crippen LogP contribution < -0.4 is 18.9 Å². The van der Waals surface area contributed by atoms with Crippen LogP contribution in [-0.2, 0) is 17.1 Å². The van der Waals surface area contributed by atoms with Gasteiger partial charge in [-0.15, -0.1) is 47.5 Å². The van der Waals surface area contributed by atoms with Crippen LogP contribution in [0.1, 0.15) is 31.8 Å². The molecule has 0 aliphatic rings. The van der Waals surface area contributed by atoms with Crippen LogP contribution in [0.5, 0.6) is 23.0 Å². The molecule has 4 aromatic carbocycles. The Morgan fingerprint density at radius 3 is 1.26 bits per heavy atom. The molecule has 0 amide bonds. The van der Waals surface area contributed by atoms with Crippen LogP contribution in [0.4, 0.5) is 0 Å². The third-order valence-corrected chi connectivity index (χ3v) is 5.58. The number of carbonyl (C=O) groups is 2. The number of methoxy groups -OCH3 is 4. The van der Waals surface area contributed by atoms with Gasteiger partial charge >= 0.3 is 17.1 Å². The number of rotatable bonds is 10. The fraction of sp³-hybridized carbons (Fsp3) is 0.125. The minimum absolute atomic E-state index is 0. The van der Waals surface area contributed by atoms with Gasteiger partial charge in [0.25, 0.3) is 0 Å². The first-order chi connectivity index (χ1) is 18.5. The average molecular weight is 566 g/mol. The number of hydrogen-bond donors (Lipinski definition) is 0. The van der Waals surface area contributed by atoms with Crippen molar-refractivity contribution in [2.45, 2.75) is 0 Å². The molecule has 0 bridgehead atoms. The number of hydrogen-bond acceptors (Lipinski definition) is 6. The Labute approximate surface area is 239 Å². The molecule has 0 heterocycles. The second-order valence-corrected chi connectivity index (χ2v) is 7.96. The van der Waals surface area contributed by atoms with Gasteiger partial charge in [0.2, 0.25) is 0 Å². The first-order valence-corrected chi connectivity index (χ1v) is 11.8. The minimum Gasteiger partial charge on any atom is -0.497 e. The predicted molar refractivity (Wildman–Crippen MR) is 150 cm³/mol. The van der Waals surface area contributed by atoms with Crippen molar-refractivity contribution in [3.63, 3.8) is 0 Å². The van der Waals surface area contributed by atoms with E-state index in [-0.39, 0.29) is 28.6 Å². The van der Waals surface area contributed by atoms with E-state index < -0.39 is 0 Å². The second kappa shape index (κ2) is 15.8. The summed E-state index contributed by atoms with van der Waals surface area (Å²) in [5, 5.41) is 0. The van der Waals surface area contributed by atoms with Crippen LogP contribution in [0.3, 0.4) is 0 Å². The summed E-state index contributed by atoms with van der Waals surface area (Å²) in [7, 11) is 6.21. The molecule has 0 aliphatic carbocycles. The van der Waals surface area contributed by atoms with Crippen molar-refractivity contribution in [1.82, 2.24) is 0 Å². The monoisotopic (exact) mass is 566 g/mol. The van der Waals surface area contributed by atoms with Gasteiger partial charge in [0.15, 0.2) is 0 Å². The van der Waals surface area contributed by atoms with E-state index in [1.807, 2.05) is 48.5 Å². The molecule has 0 N–H and O–H groups in total. The number of carbonyl (C=O) groups excluding carboxylic acids is 2. The van der Waals surface area contributed by atoms with E-state index in [1.165, 1.54) is 12.2 Å². The van der Waals surface area contributed by atoms with Crippen molar-refractivity contribution in [2.75, 3.05) is 28.4 Å². The molecule has 202 valence electrons. The predicted octanol–water partition coefficient (Wildman–Crippen LogP) is 6.64. The molecule has 0 spiro atoms. The van der Waals surface area contributed by atoms with Crippen LogP contribution in [0, 0.1) is 0 Å². The van der Waals surface area contributed by atoms with Gasteiger partial charge in [0, 0.05) is 0 Å². The SMILES string of the molecule is COc1ccc(OC)c(C(=O)/C=C/[c-]2cccc2)c1.COc1ccc(OC)c(C(=O)/C=C/[c-]2cccc2)c1.[Fe+2]. The topological polar surface area (TPSA) is 71.1 Å². The molecule has 0 aliphatic heterocycles. The third-order valence-electron chi connectivity index (χ3n) is 5.58. The Morgan fingerprint density at radius 2 is 0.949 bits per heavy atom. The van der Waals surface area contributed by atoms with Gasteiger partial charge in [0.1, 0.15) is 34.6 Å². The minimum atomic E-state index is -0.114. The van der Waals surface area contributed by atoms with Gasteiger partial charge < -0.3 is 28.5 Å². The van der Waals surface area contributed by atoms with Crippen LogP contribution in [0.25, 0.3) is 12.2 Å². The van der Waals surface area contributed by atoms with Crippen LogP contribution in [0.2, 0.25) is 0 Å². The normalized spacial score (nSPS) is 10.4. The third kappa shape index (κ3) is 8.88. The maximum atomic E-state index is 12.2. The molecular formula is C32H30FeO6. The summed E-state index contributed by atoms with van der Waals surface area (Å²) in [6, 6.07) is 25.8. The Morgan fingerprint density at radius 1 is 0.590 bits per heavy atom. The maximum absolute atomic E-state index is 12.2. The van der Waals surface area contributed by atoms with Gasteiger partial charge in [-0.1, -0.05) is 12.2 Å². The fourth-order valence-corrected chi connectivity index (χ4v) is 3.54. The van der Waals surface area contributed by atoms with E-state index in [9.17, 15) is 9.59 Å². The van der Waals surface area contributed by atoms with Crippen molar-refractivity contribution in [3.05, 3.63) is 119 Å². The Balaban J connectivity index is 0.000000267. The quantitative estimate of drug-likeness (QED) is 0.0929. The zero-order valence-electron chi connectivity index (χ0n) is 22.2. The second-order valence-electron chi connectivity index (χ2n) is 7.96. The van der Waals surface area contributed by atoms with E-state index in [2.05, 4.69) is 0 Å². The van der Waals surface area contributed by atoms with Crippen molar-refractivity contribution >= 4 is 23.7 Å². The van der Waals surface area contributed by atoms with Crippen molar-refractivity contribution in [2.24, 2.45) is 0 Å². The molecule has 0 aromatic heterocycles. The first-order valence-electron chi connectivity index (χ1n) is 11.8. The number of benzene rings is 2. The number of ether oxygens (including phenoxy) is 4. The average Bonchev–Trinajstić information content (AvgIpc) is 3.69. The summed E-state index contributed by atoms with van der Waals surface area (Å²) < 4.78 is 20.6. The standard InChI is InChI=1S/2C16H15O3.Fe/c2*1-18-13-8-10-16(19-2)14(11-13)15(17)9-7-12-5-3-4-6-12;/h2*3-11H,1-2H3;/q2*-1;+2/b2*9-7+;. The summed E-state index contributed by atoms with van der Waals surface area (Å²) in [4.78, 5) is 24.3. The molecule has 7 heteroatoms. The Kier molecular flexibility index (Phi) is 12.5. The van der Waals surface area contributed by atoms with Crippen LogP contribution >= 0.6 is 0 Å². The van der Waals surface area contributed by atoms with E-state index in [4.69, 9.17) is 18.9 Å². The van der Waals surface area contributed by atoms with Crippen LogP contribution in [0.15, 0.2) is 97.1 Å². The zero-order valence-corrected chi connectivity index (χ0v) is 23.3. The van der Waals surface area contributed by atoms with Crippen molar-refractivity contribution in [3.8, 4) is 23.0 Å². The molecule has 0 fully saturated rings. The Hall–Kier alpha value is -4.32. The van der Waals surface area contributed by atoms with Gasteiger partial charge in [-0.05, 0) is 36.4 Å². The molecule has 0 atom stereocenters. The number of allylic oxidation sites excluding steroid dienone is 2. The van der Waals surface area contributed by atoms with E-state index in [0.717, 1.165) is 11.1 Å². The van der Waals surface area contributed by atoms with Crippen molar-refractivity contribution < 1.29 is 45.6 Å². The molecule has 0 unspecified atom stereocenters.